The van der Waals surface area contributed by atoms with Crippen molar-refractivity contribution in [3.05, 3.63) is 29.3 Å². The first-order valence-electron chi connectivity index (χ1n) is 6.30. The lowest BCUT2D eigenvalue weighted by Crippen LogP contribution is -2.27. The summed E-state index contributed by atoms with van der Waals surface area (Å²) in [5, 5.41) is 1.15. The highest BCUT2D eigenvalue weighted by Crippen LogP contribution is 2.29. The second-order valence-electron chi connectivity index (χ2n) is 4.89. The zero-order valence-electron chi connectivity index (χ0n) is 11.6. The van der Waals surface area contributed by atoms with E-state index in [4.69, 9.17) is 0 Å². The summed E-state index contributed by atoms with van der Waals surface area (Å²) in [5.74, 6) is -0.710. The van der Waals surface area contributed by atoms with E-state index in [9.17, 15) is 21.9 Å². The average molecular weight is 314 g/mol. The molecule has 1 fully saturated rings. The smallest absolute Gasteiger partial charge is 0.307 e. The van der Waals surface area contributed by atoms with Crippen LogP contribution in [-0.2, 0) is 15.0 Å². The number of nitrogens with one attached hydrogen (secondary N) is 1. The van der Waals surface area contributed by atoms with E-state index in [1.807, 2.05) is 0 Å². The third-order valence-corrected chi connectivity index (χ3v) is 4.58. The van der Waals surface area contributed by atoms with Crippen molar-refractivity contribution >= 4 is 27.7 Å². The lowest BCUT2D eigenvalue weighted by Gasteiger charge is -2.19. The van der Waals surface area contributed by atoms with Gasteiger partial charge in [-0.3, -0.25) is 9.59 Å². The van der Waals surface area contributed by atoms with Crippen LogP contribution in [-0.4, -0.2) is 39.1 Å². The first-order chi connectivity index (χ1) is 9.74. The fraction of sp³-hybridized carbons (Fsp3) is 0.385. The normalized spacial score (nSPS) is 18.9. The van der Waals surface area contributed by atoms with Gasteiger partial charge in [-0.2, -0.15) is 8.42 Å². The standard InChI is InChI=1S/C13H15FN2O4S/c1-8-5-9(13(18)15-2)3-4-11(8)16-7-10(6-12(16)17)21(14,19)20/h3-5,10H,6-7H2,1-2H3,(H,15,18). The molecular weight excluding hydrogens is 299 g/mol. The van der Waals surface area contributed by atoms with E-state index in [2.05, 4.69) is 5.32 Å². The predicted molar refractivity (Wildman–Crippen MR) is 75.4 cm³/mol. The van der Waals surface area contributed by atoms with E-state index in [1.165, 1.54) is 18.0 Å². The zero-order chi connectivity index (χ0) is 15.8. The van der Waals surface area contributed by atoms with Gasteiger partial charge in [-0.05, 0) is 30.7 Å². The molecule has 2 rings (SSSR count). The number of hydrogen-bond donors (Lipinski definition) is 1. The molecule has 1 aromatic rings. The molecule has 1 N–H and O–H groups in total. The van der Waals surface area contributed by atoms with Crippen LogP contribution in [0.3, 0.4) is 0 Å². The molecule has 1 unspecified atom stereocenters. The Morgan fingerprint density at radius 2 is 2.10 bits per heavy atom. The number of aryl methyl sites for hydroxylation is 1. The Balaban J connectivity index is 2.31. The Kier molecular flexibility index (Phi) is 3.99. The highest BCUT2D eigenvalue weighted by atomic mass is 32.3. The Bertz CT molecular complexity index is 702. The van der Waals surface area contributed by atoms with Gasteiger partial charge in [-0.25, -0.2) is 0 Å². The van der Waals surface area contributed by atoms with Gasteiger partial charge in [-0.15, -0.1) is 3.89 Å². The molecule has 1 aliphatic rings. The maximum atomic E-state index is 13.0. The number of hydrogen-bond acceptors (Lipinski definition) is 4. The van der Waals surface area contributed by atoms with Crippen molar-refractivity contribution in [3.8, 4) is 0 Å². The molecule has 8 heteroatoms. The molecule has 21 heavy (non-hydrogen) atoms. The lowest BCUT2D eigenvalue weighted by molar-refractivity contribution is -0.117. The monoisotopic (exact) mass is 314 g/mol. The van der Waals surface area contributed by atoms with E-state index < -0.39 is 21.4 Å². The maximum absolute atomic E-state index is 13.0. The molecule has 2 amide bonds. The molecule has 1 atom stereocenters. The summed E-state index contributed by atoms with van der Waals surface area (Å²) in [6, 6.07) is 4.69. The predicted octanol–water partition coefficient (Wildman–Crippen LogP) is 0.759. The summed E-state index contributed by atoms with van der Waals surface area (Å²) in [4.78, 5) is 24.6. The minimum atomic E-state index is -4.74. The van der Waals surface area contributed by atoms with Gasteiger partial charge >= 0.3 is 10.2 Å². The van der Waals surface area contributed by atoms with E-state index in [-0.39, 0.29) is 18.9 Å². The van der Waals surface area contributed by atoms with Crippen LogP contribution in [0.25, 0.3) is 0 Å². The number of benzene rings is 1. The molecule has 0 saturated carbocycles. The summed E-state index contributed by atoms with van der Waals surface area (Å²) in [7, 11) is -3.24. The van der Waals surface area contributed by atoms with Crippen LogP contribution in [0.15, 0.2) is 18.2 Å². The molecule has 0 bridgehead atoms. The van der Waals surface area contributed by atoms with Gasteiger partial charge in [-0.1, -0.05) is 0 Å². The Morgan fingerprint density at radius 1 is 1.43 bits per heavy atom. The van der Waals surface area contributed by atoms with Crippen LogP contribution < -0.4 is 10.2 Å². The minimum absolute atomic E-state index is 0.210. The first kappa shape index (κ1) is 15.4. The Hall–Kier alpha value is -1.96. The van der Waals surface area contributed by atoms with Crippen molar-refractivity contribution in [1.82, 2.24) is 5.32 Å². The van der Waals surface area contributed by atoms with Crippen LogP contribution in [0.5, 0.6) is 0 Å². The third-order valence-electron chi connectivity index (χ3n) is 3.46. The third kappa shape index (κ3) is 3.05. The SMILES string of the molecule is CNC(=O)c1ccc(N2CC(S(=O)(=O)F)CC2=O)c(C)c1. The highest BCUT2D eigenvalue weighted by Gasteiger charge is 2.39. The molecule has 1 heterocycles. The minimum Gasteiger partial charge on any atom is -0.355 e. The molecule has 1 saturated heterocycles. The van der Waals surface area contributed by atoms with Crippen LogP contribution in [0.1, 0.15) is 22.3 Å². The van der Waals surface area contributed by atoms with Gasteiger partial charge < -0.3 is 10.2 Å². The van der Waals surface area contributed by atoms with Crippen molar-refractivity contribution in [3.63, 3.8) is 0 Å². The topological polar surface area (TPSA) is 83.6 Å². The highest BCUT2D eigenvalue weighted by molar-refractivity contribution is 7.87. The second-order valence-corrected chi connectivity index (χ2v) is 6.50. The van der Waals surface area contributed by atoms with E-state index in [0.29, 0.717) is 16.8 Å². The number of amides is 2. The quantitative estimate of drug-likeness (QED) is 0.835. The second kappa shape index (κ2) is 5.44. The molecule has 1 aromatic carbocycles. The van der Waals surface area contributed by atoms with Crippen molar-refractivity contribution in [2.75, 3.05) is 18.5 Å². The summed E-state index contributed by atoms with van der Waals surface area (Å²) in [6.45, 7) is 1.49. The molecule has 0 spiro atoms. The van der Waals surface area contributed by atoms with Crippen LogP contribution in [0.2, 0.25) is 0 Å². The van der Waals surface area contributed by atoms with Gasteiger partial charge in [0, 0.05) is 31.3 Å². The number of rotatable bonds is 3. The van der Waals surface area contributed by atoms with Gasteiger partial charge in [0.25, 0.3) is 5.91 Å². The Labute approximate surface area is 122 Å². The van der Waals surface area contributed by atoms with Gasteiger partial charge in [0.15, 0.2) is 0 Å². The van der Waals surface area contributed by atoms with Crippen molar-refractivity contribution in [2.24, 2.45) is 0 Å². The summed E-state index contributed by atoms with van der Waals surface area (Å²) >= 11 is 0. The number of carbonyl (C=O) groups is 2. The molecule has 0 aromatic heterocycles. The largest absolute Gasteiger partial charge is 0.355 e. The van der Waals surface area contributed by atoms with Crippen molar-refractivity contribution in [1.29, 1.82) is 0 Å². The molecular formula is C13H15FN2O4S. The number of anilines is 1. The number of nitrogens with zero attached hydrogens (tertiary/aromatic N) is 1. The average Bonchev–Trinajstić information content (AvgIpc) is 2.79. The fourth-order valence-electron chi connectivity index (χ4n) is 2.34. The fourth-order valence-corrected chi connectivity index (χ4v) is 3.01. The summed E-state index contributed by atoms with van der Waals surface area (Å²) in [5.41, 5.74) is 1.56. The summed E-state index contributed by atoms with van der Waals surface area (Å²) < 4.78 is 34.9. The van der Waals surface area contributed by atoms with E-state index >= 15 is 0 Å². The first-order valence-corrected chi connectivity index (χ1v) is 7.75. The molecule has 6 nitrogen and oxygen atoms in total. The van der Waals surface area contributed by atoms with Crippen LogP contribution in [0.4, 0.5) is 9.57 Å². The molecule has 1 aliphatic heterocycles. The van der Waals surface area contributed by atoms with Gasteiger partial charge in [0.2, 0.25) is 5.91 Å². The molecule has 0 aliphatic carbocycles. The maximum Gasteiger partial charge on any atom is 0.307 e. The number of carbonyl (C=O) groups excluding carboxylic acids is 2. The van der Waals surface area contributed by atoms with Crippen molar-refractivity contribution in [2.45, 2.75) is 18.6 Å². The molecule has 0 radical (unpaired) electrons. The van der Waals surface area contributed by atoms with Crippen LogP contribution >= 0.6 is 0 Å². The summed E-state index contributed by atoms with van der Waals surface area (Å²) in [6.07, 6.45) is -0.366. The molecule has 114 valence electrons. The van der Waals surface area contributed by atoms with E-state index in [1.54, 1.807) is 19.1 Å². The lowest BCUT2D eigenvalue weighted by atomic mass is 10.1. The van der Waals surface area contributed by atoms with Gasteiger partial charge in [0.05, 0.1) is 0 Å². The van der Waals surface area contributed by atoms with Crippen molar-refractivity contribution < 1.29 is 21.9 Å². The zero-order valence-corrected chi connectivity index (χ0v) is 12.4. The van der Waals surface area contributed by atoms with Crippen LogP contribution in [0, 0.1) is 6.92 Å². The Morgan fingerprint density at radius 3 is 2.57 bits per heavy atom. The van der Waals surface area contributed by atoms with E-state index in [0.717, 1.165) is 0 Å². The number of halogens is 1. The van der Waals surface area contributed by atoms with Gasteiger partial charge in [0.1, 0.15) is 5.25 Å².